The number of anilines is 2. The number of amides is 2. The Hall–Kier alpha value is -2.35. The first kappa shape index (κ1) is 21.0. The highest BCUT2D eigenvalue weighted by Crippen LogP contribution is 2.27. The summed E-state index contributed by atoms with van der Waals surface area (Å²) < 4.78 is 18.3. The fourth-order valence-corrected chi connectivity index (χ4v) is 2.64. The van der Waals surface area contributed by atoms with Crippen molar-refractivity contribution in [2.45, 2.75) is 0 Å². The molecule has 2 aromatic rings. The average molecular weight is 414 g/mol. The Bertz CT molecular complexity index is 849. The molecular formula is C18H18Cl2FN3O3. The van der Waals surface area contributed by atoms with Crippen molar-refractivity contribution in [3.63, 3.8) is 0 Å². The van der Waals surface area contributed by atoms with Crippen LogP contribution >= 0.6 is 23.2 Å². The highest BCUT2D eigenvalue weighted by Gasteiger charge is 2.14. The smallest absolute Gasteiger partial charge is 0.238 e. The first-order valence-corrected chi connectivity index (χ1v) is 8.61. The van der Waals surface area contributed by atoms with E-state index in [1.54, 1.807) is 25.2 Å². The predicted octanol–water partition coefficient (Wildman–Crippen LogP) is 3.65. The zero-order valence-corrected chi connectivity index (χ0v) is 16.2. The minimum atomic E-state index is -0.570. The van der Waals surface area contributed by atoms with Crippen LogP contribution in [0, 0.1) is 5.82 Å². The van der Waals surface area contributed by atoms with Crippen molar-refractivity contribution in [2.75, 3.05) is 37.9 Å². The number of ether oxygens (including phenoxy) is 1. The van der Waals surface area contributed by atoms with Gasteiger partial charge in [-0.2, -0.15) is 0 Å². The minimum Gasteiger partial charge on any atom is -0.495 e. The lowest BCUT2D eigenvalue weighted by Crippen LogP contribution is -2.36. The second kappa shape index (κ2) is 9.55. The average Bonchev–Trinajstić information content (AvgIpc) is 2.58. The van der Waals surface area contributed by atoms with Crippen molar-refractivity contribution in [3.05, 3.63) is 52.3 Å². The van der Waals surface area contributed by atoms with E-state index in [0.717, 1.165) is 6.07 Å². The van der Waals surface area contributed by atoms with Gasteiger partial charge < -0.3 is 15.4 Å². The van der Waals surface area contributed by atoms with Gasteiger partial charge in [0, 0.05) is 10.7 Å². The lowest BCUT2D eigenvalue weighted by Gasteiger charge is -2.17. The number of rotatable bonds is 7. The van der Waals surface area contributed by atoms with Gasteiger partial charge in [-0.05, 0) is 43.4 Å². The number of carbonyl (C=O) groups is 2. The van der Waals surface area contributed by atoms with Crippen molar-refractivity contribution < 1.29 is 18.7 Å². The van der Waals surface area contributed by atoms with Gasteiger partial charge in [0.25, 0.3) is 0 Å². The number of nitrogens with one attached hydrogen (secondary N) is 2. The molecule has 0 bridgehead atoms. The lowest BCUT2D eigenvalue weighted by atomic mass is 10.3. The molecule has 144 valence electrons. The van der Waals surface area contributed by atoms with Gasteiger partial charge in [-0.25, -0.2) is 4.39 Å². The lowest BCUT2D eigenvalue weighted by molar-refractivity contribution is -0.119. The third-order valence-corrected chi connectivity index (χ3v) is 3.99. The zero-order valence-electron chi connectivity index (χ0n) is 14.7. The second-order valence-corrected chi connectivity index (χ2v) is 6.59. The Kier molecular flexibility index (Phi) is 7.41. The molecule has 0 aliphatic carbocycles. The second-order valence-electron chi connectivity index (χ2n) is 5.74. The van der Waals surface area contributed by atoms with E-state index in [4.69, 9.17) is 27.9 Å². The van der Waals surface area contributed by atoms with Crippen LogP contribution in [0.4, 0.5) is 15.8 Å². The molecule has 2 amide bonds. The molecular weight excluding hydrogens is 396 g/mol. The van der Waals surface area contributed by atoms with Gasteiger partial charge in [-0.1, -0.05) is 23.2 Å². The number of carbonyl (C=O) groups excluding carboxylic acids is 2. The molecule has 0 aliphatic rings. The summed E-state index contributed by atoms with van der Waals surface area (Å²) in [5, 5.41) is 5.65. The number of methoxy groups -OCH3 is 1. The van der Waals surface area contributed by atoms with E-state index in [9.17, 15) is 14.0 Å². The van der Waals surface area contributed by atoms with Crippen molar-refractivity contribution >= 4 is 46.4 Å². The first-order chi connectivity index (χ1) is 12.8. The van der Waals surface area contributed by atoms with Gasteiger partial charge in [-0.3, -0.25) is 14.5 Å². The Balaban J connectivity index is 1.88. The van der Waals surface area contributed by atoms with Crippen LogP contribution in [0.5, 0.6) is 5.75 Å². The summed E-state index contributed by atoms with van der Waals surface area (Å²) >= 11 is 11.6. The summed E-state index contributed by atoms with van der Waals surface area (Å²) in [6, 6.07) is 8.73. The topological polar surface area (TPSA) is 70.7 Å². The number of nitrogens with zero attached hydrogens (tertiary/aromatic N) is 1. The monoisotopic (exact) mass is 413 g/mol. The van der Waals surface area contributed by atoms with Gasteiger partial charge in [0.1, 0.15) is 11.6 Å². The molecule has 9 heteroatoms. The maximum atomic E-state index is 13.1. The van der Waals surface area contributed by atoms with Gasteiger partial charge >= 0.3 is 0 Å². The molecule has 2 aromatic carbocycles. The van der Waals surface area contributed by atoms with E-state index in [1.807, 2.05) is 0 Å². The zero-order chi connectivity index (χ0) is 20.0. The summed E-state index contributed by atoms with van der Waals surface area (Å²) in [6.45, 7) is -0.0810. The van der Waals surface area contributed by atoms with Crippen molar-refractivity contribution in [2.24, 2.45) is 0 Å². The van der Waals surface area contributed by atoms with Gasteiger partial charge in [-0.15, -0.1) is 0 Å². The first-order valence-electron chi connectivity index (χ1n) is 7.85. The third kappa shape index (κ3) is 6.39. The Labute approximate surface area is 166 Å². The van der Waals surface area contributed by atoms with E-state index < -0.39 is 5.82 Å². The molecule has 0 fully saturated rings. The molecule has 0 atom stereocenters. The molecule has 0 aliphatic heterocycles. The highest BCUT2D eigenvalue weighted by molar-refractivity contribution is 6.31. The van der Waals surface area contributed by atoms with E-state index in [2.05, 4.69) is 10.6 Å². The quantitative estimate of drug-likeness (QED) is 0.726. The van der Waals surface area contributed by atoms with E-state index in [-0.39, 0.29) is 29.9 Å². The van der Waals surface area contributed by atoms with Crippen LogP contribution in [0.2, 0.25) is 10.0 Å². The number of benzene rings is 2. The Morgan fingerprint density at radius 1 is 1.07 bits per heavy atom. The summed E-state index contributed by atoms with van der Waals surface area (Å²) in [5.41, 5.74) is 0.807. The third-order valence-electron chi connectivity index (χ3n) is 3.47. The van der Waals surface area contributed by atoms with Crippen LogP contribution in [0.3, 0.4) is 0 Å². The molecule has 0 unspecified atom stereocenters. The molecule has 6 nitrogen and oxygen atoms in total. The van der Waals surface area contributed by atoms with Gasteiger partial charge in [0.2, 0.25) is 11.8 Å². The van der Waals surface area contributed by atoms with E-state index >= 15 is 0 Å². The van der Waals surface area contributed by atoms with Crippen LogP contribution in [0.1, 0.15) is 0 Å². The van der Waals surface area contributed by atoms with Crippen molar-refractivity contribution in [3.8, 4) is 5.75 Å². The van der Waals surface area contributed by atoms with Crippen LogP contribution in [0.15, 0.2) is 36.4 Å². The molecule has 0 heterocycles. The fraction of sp³-hybridized carbons (Fsp3) is 0.222. The van der Waals surface area contributed by atoms with Crippen LogP contribution in [-0.4, -0.2) is 44.0 Å². The van der Waals surface area contributed by atoms with Crippen molar-refractivity contribution in [1.29, 1.82) is 0 Å². The molecule has 2 rings (SSSR count). The SMILES string of the molecule is COc1ccc(Cl)cc1NC(=O)CN(C)CC(=O)Nc1ccc(F)c(Cl)c1. The summed E-state index contributed by atoms with van der Waals surface area (Å²) in [7, 11) is 3.10. The van der Waals surface area contributed by atoms with Gasteiger partial charge in [0.15, 0.2) is 0 Å². The van der Waals surface area contributed by atoms with Crippen LogP contribution in [-0.2, 0) is 9.59 Å². The maximum Gasteiger partial charge on any atom is 0.238 e. The molecule has 0 saturated heterocycles. The largest absolute Gasteiger partial charge is 0.495 e. The summed E-state index contributed by atoms with van der Waals surface area (Å²) in [5.74, 6) is -0.801. The van der Waals surface area contributed by atoms with E-state index in [1.165, 1.54) is 24.1 Å². The van der Waals surface area contributed by atoms with Gasteiger partial charge in [0.05, 0.1) is 30.9 Å². The minimum absolute atomic E-state index is 0.0345. The molecule has 0 radical (unpaired) electrons. The number of hydrogen-bond donors (Lipinski definition) is 2. The molecule has 0 aromatic heterocycles. The Morgan fingerprint density at radius 2 is 1.74 bits per heavy atom. The summed E-state index contributed by atoms with van der Waals surface area (Å²) in [6.07, 6.45) is 0. The Morgan fingerprint density at radius 3 is 2.37 bits per heavy atom. The summed E-state index contributed by atoms with van der Waals surface area (Å²) in [4.78, 5) is 25.7. The number of likely N-dealkylation sites (N-methyl/N-ethyl adjacent to an activating group) is 1. The highest BCUT2D eigenvalue weighted by atomic mass is 35.5. The van der Waals surface area contributed by atoms with Crippen LogP contribution < -0.4 is 15.4 Å². The molecule has 27 heavy (non-hydrogen) atoms. The fourth-order valence-electron chi connectivity index (χ4n) is 2.29. The van der Waals surface area contributed by atoms with Crippen LogP contribution in [0.25, 0.3) is 0 Å². The number of hydrogen-bond acceptors (Lipinski definition) is 4. The maximum absolute atomic E-state index is 13.1. The molecule has 0 saturated carbocycles. The normalized spacial score (nSPS) is 10.6. The molecule has 0 spiro atoms. The number of halogens is 3. The standard InChI is InChI=1S/C18H18Cl2FN3O3/c1-24(9-17(25)22-12-4-5-14(21)13(20)8-12)10-18(26)23-15-7-11(19)3-6-16(15)27-2/h3-8H,9-10H2,1-2H3,(H,22,25)(H,23,26). The van der Waals surface area contributed by atoms with E-state index in [0.29, 0.717) is 22.1 Å². The molecule has 2 N–H and O–H groups in total. The van der Waals surface area contributed by atoms with Crippen molar-refractivity contribution in [1.82, 2.24) is 4.90 Å². The predicted molar refractivity (Wildman–Crippen MR) is 104 cm³/mol.